The first-order valence-electron chi connectivity index (χ1n) is 10.4. The highest BCUT2D eigenvalue weighted by atomic mass is 32.3. The highest BCUT2D eigenvalue weighted by Gasteiger charge is 2.46. The number of halogens is 6. The number of nitrogens with zero attached hydrogens (tertiary/aromatic N) is 3. The van der Waals surface area contributed by atoms with Crippen LogP contribution in [0.25, 0.3) is 4.13 Å². The Morgan fingerprint density at radius 1 is 0.758 bits per heavy atom. The van der Waals surface area contributed by atoms with Gasteiger partial charge in [-0.25, -0.2) is 26.0 Å². The Morgan fingerprint density at radius 2 is 1.15 bits per heavy atom. The van der Waals surface area contributed by atoms with Crippen LogP contribution in [0.1, 0.15) is 71.1 Å². The molecule has 15 heteroatoms. The van der Waals surface area contributed by atoms with Crippen LogP contribution < -0.4 is 4.57 Å². The van der Waals surface area contributed by atoms with E-state index in [-0.39, 0.29) is 0 Å². The Bertz CT molecular complexity index is 840. The predicted octanol–water partition coefficient (Wildman–Crippen LogP) is 5.29. The first-order chi connectivity index (χ1) is 15.0. The molecule has 196 valence electrons. The molecule has 0 saturated heterocycles. The average Bonchev–Trinajstić information content (AvgIpc) is 3.06. The van der Waals surface area contributed by atoms with Crippen molar-refractivity contribution in [2.45, 2.75) is 88.7 Å². The van der Waals surface area contributed by atoms with Crippen LogP contribution in [-0.4, -0.2) is 32.4 Å². The minimum Gasteiger partial charge on any atom is -0.421 e. The lowest BCUT2D eigenvalue weighted by Gasteiger charge is -2.22. The van der Waals surface area contributed by atoms with E-state index in [0.29, 0.717) is 0 Å². The summed E-state index contributed by atoms with van der Waals surface area (Å²) in [5.74, 6) is 0. The number of hydrogen-bond acceptors (Lipinski definition) is 4. The van der Waals surface area contributed by atoms with Crippen molar-refractivity contribution in [3.63, 3.8) is 0 Å². The van der Waals surface area contributed by atoms with E-state index in [0.717, 1.165) is 4.13 Å². The lowest BCUT2D eigenvalue weighted by atomic mass is 10.1. The highest BCUT2D eigenvalue weighted by molar-refractivity contribution is 8.13. The topological polar surface area (TPSA) is 91.2 Å². The summed E-state index contributed by atoms with van der Waals surface area (Å²) in [5.41, 5.74) is -12.4. The first kappa shape index (κ1) is 31.6. The van der Waals surface area contributed by atoms with Crippen LogP contribution in [0.4, 0.5) is 26.3 Å². The number of aryl methyl sites for hydroxylation is 2. The largest absolute Gasteiger partial charge is 0.480 e. The van der Waals surface area contributed by atoms with Crippen LogP contribution >= 0.6 is 0 Å². The van der Waals surface area contributed by atoms with Gasteiger partial charge in [0.15, 0.2) is 20.0 Å². The molecule has 0 radical (unpaired) electrons. The molecule has 0 unspecified atom stereocenters. The number of imidazole rings is 1. The molecule has 1 heterocycles. The van der Waals surface area contributed by atoms with Gasteiger partial charge in [0.25, 0.3) is 0 Å². The minimum atomic E-state index is -6.72. The van der Waals surface area contributed by atoms with E-state index < -0.39 is 31.1 Å². The highest BCUT2D eigenvalue weighted by Crippen LogP contribution is 2.36. The molecule has 0 bridgehead atoms. The number of unbranched alkanes of at least 4 members (excludes halogenated alkanes) is 9. The number of sulfonamides is 2. The number of aromatic nitrogens is 2. The van der Waals surface area contributed by atoms with Gasteiger partial charge >= 0.3 is 11.0 Å². The zero-order valence-corrected chi connectivity index (χ0v) is 20.2. The van der Waals surface area contributed by atoms with Crippen molar-refractivity contribution in [1.82, 2.24) is 4.57 Å². The van der Waals surface area contributed by atoms with Crippen LogP contribution in [0.3, 0.4) is 0 Å². The molecule has 33 heavy (non-hydrogen) atoms. The fourth-order valence-electron chi connectivity index (χ4n) is 2.63. The first-order valence-corrected chi connectivity index (χ1v) is 13.3. The summed E-state index contributed by atoms with van der Waals surface area (Å²) in [4.78, 5) is 0. The van der Waals surface area contributed by atoms with Gasteiger partial charge in [-0.05, 0) is 12.8 Å². The van der Waals surface area contributed by atoms with Gasteiger partial charge in [0.2, 0.25) is 6.33 Å². The van der Waals surface area contributed by atoms with Crippen LogP contribution in [0, 0.1) is 0 Å². The quantitative estimate of drug-likeness (QED) is 0.196. The molecule has 0 N–H and O–H groups in total. The van der Waals surface area contributed by atoms with Crippen LogP contribution in [0.5, 0.6) is 0 Å². The third-order valence-corrected chi connectivity index (χ3v) is 7.11. The zero-order valence-electron chi connectivity index (χ0n) is 18.6. The summed E-state index contributed by atoms with van der Waals surface area (Å²) in [6.07, 6.45) is 20.6. The maximum absolute atomic E-state index is 11.4. The number of hydrogen-bond donors (Lipinski definition) is 0. The molecule has 0 fully saturated rings. The molecule has 0 amide bonds. The molecule has 0 aliphatic rings. The second-order valence-electron chi connectivity index (χ2n) is 7.42. The fourth-order valence-corrected chi connectivity index (χ4v) is 4.34. The van der Waals surface area contributed by atoms with Crippen LogP contribution in [0.2, 0.25) is 0 Å². The van der Waals surface area contributed by atoms with Gasteiger partial charge in [-0.2, -0.15) is 26.3 Å². The zero-order chi connectivity index (χ0) is 25.8. The molecule has 0 atom stereocenters. The molecule has 0 aromatic carbocycles. The SMILES string of the molecule is CCCCCCCCCCCCn1cc[n+](C)c1.O=S(=O)([N-]S(=O)(=O)C(F)(F)F)C(F)(F)F. The van der Waals surface area contributed by atoms with E-state index in [4.69, 9.17) is 0 Å². The molecule has 1 rings (SSSR count). The molecule has 0 saturated carbocycles. The molecule has 0 spiro atoms. The maximum atomic E-state index is 11.4. The maximum Gasteiger partial charge on any atom is 0.480 e. The third-order valence-electron chi connectivity index (χ3n) is 4.37. The standard InChI is InChI=1S/C16H31N2.C2F6NO4S2/c1-3-4-5-6-7-8-9-10-11-12-13-18-15-14-17(2)16-18;3-1(4,5)14(10,11)9-15(12,13)2(6,7)8/h14-16H,3-13H2,1-2H3;/q+1;-1. The average molecular weight is 532 g/mol. The van der Waals surface area contributed by atoms with Gasteiger partial charge in [-0.3, -0.25) is 0 Å². The van der Waals surface area contributed by atoms with Gasteiger partial charge in [-0.1, -0.05) is 58.3 Å². The number of alkyl halides is 6. The Hall–Kier alpha value is -1.35. The second-order valence-corrected chi connectivity index (χ2v) is 10.8. The van der Waals surface area contributed by atoms with Crippen molar-refractivity contribution in [3.8, 4) is 0 Å². The summed E-state index contributed by atoms with van der Waals surface area (Å²) in [6, 6.07) is 0. The summed E-state index contributed by atoms with van der Waals surface area (Å²) < 4.78 is 114. The van der Waals surface area contributed by atoms with Crippen molar-refractivity contribution < 1.29 is 47.7 Å². The van der Waals surface area contributed by atoms with Crippen LogP contribution in [-0.2, 0) is 33.6 Å². The van der Waals surface area contributed by atoms with E-state index in [2.05, 4.69) is 41.8 Å². The van der Waals surface area contributed by atoms with Gasteiger partial charge in [0, 0.05) is 0 Å². The van der Waals surface area contributed by atoms with Crippen LogP contribution in [0.15, 0.2) is 18.7 Å². The van der Waals surface area contributed by atoms with Crippen molar-refractivity contribution >= 4 is 20.0 Å². The molecule has 7 nitrogen and oxygen atoms in total. The van der Waals surface area contributed by atoms with Crippen molar-refractivity contribution in [3.05, 3.63) is 22.8 Å². The van der Waals surface area contributed by atoms with Gasteiger partial charge in [-0.15, -0.1) is 0 Å². The Morgan fingerprint density at radius 3 is 1.48 bits per heavy atom. The molecular weight excluding hydrogens is 500 g/mol. The monoisotopic (exact) mass is 531 g/mol. The molecular formula is C18H31F6N3O4S2. The van der Waals surface area contributed by atoms with Crippen molar-refractivity contribution in [2.24, 2.45) is 7.05 Å². The van der Waals surface area contributed by atoms with Gasteiger partial charge < -0.3 is 4.13 Å². The normalized spacial score (nSPS) is 13.0. The Balaban J connectivity index is 0.000000633. The number of rotatable bonds is 13. The lowest BCUT2D eigenvalue weighted by molar-refractivity contribution is -0.671. The van der Waals surface area contributed by atoms with Gasteiger partial charge in [0.1, 0.15) is 12.4 Å². The minimum absolute atomic E-state index is 0.778. The fraction of sp³-hybridized carbons (Fsp3) is 0.833. The van der Waals surface area contributed by atoms with E-state index in [1.807, 2.05) is 0 Å². The predicted molar refractivity (Wildman–Crippen MR) is 111 cm³/mol. The lowest BCUT2D eigenvalue weighted by Crippen LogP contribution is -2.30. The third kappa shape index (κ3) is 13.2. The molecule has 0 aliphatic carbocycles. The van der Waals surface area contributed by atoms with E-state index in [1.165, 1.54) is 70.8 Å². The van der Waals surface area contributed by atoms with E-state index in [9.17, 15) is 43.2 Å². The molecule has 0 aliphatic heterocycles. The van der Waals surface area contributed by atoms with Gasteiger partial charge in [0.05, 0.1) is 13.6 Å². The summed E-state index contributed by atoms with van der Waals surface area (Å²) >= 11 is 0. The summed E-state index contributed by atoms with van der Waals surface area (Å²) in [7, 11) is -11.4. The Kier molecular flexibility index (Phi) is 13.6. The Labute approximate surface area is 191 Å². The molecule has 1 aromatic rings. The van der Waals surface area contributed by atoms with Crippen molar-refractivity contribution in [1.29, 1.82) is 0 Å². The summed E-state index contributed by atoms with van der Waals surface area (Å²) in [5, 5.41) is 0. The summed E-state index contributed by atoms with van der Waals surface area (Å²) in [6.45, 7) is 3.46. The second kappa shape index (κ2) is 14.1. The smallest absolute Gasteiger partial charge is 0.421 e. The molecule has 1 aromatic heterocycles. The van der Waals surface area contributed by atoms with E-state index >= 15 is 0 Å². The van der Waals surface area contributed by atoms with Crippen molar-refractivity contribution in [2.75, 3.05) is 0 Å². The van der Waals surface area contributed by atoms with E-state index in [1.54, 1.807) is 0 Å².